The molecule has 0 bridgehead atoms. The normalized spacial score (nSPS) is 20.5. The lowest BCUT2D eigenvalue weighted by molar-refractivity contribution is -0.107. The van der Waals surface area contributed by atoms with Crippen LogP contribution >= 0.6 is 63.7 Å². The van der Waals surface area contributed by atoms with Gasteiger partial charge in [0.05, 0.1) is 85.8 Å². The maximum absolute atomic E-state index is 9.62. The van der Waals surface area contributed by atoms with Gasteiger partial charge in [-0.1, -0.05) is 137 Å². The minimum Gasteiger partial charge on any atom is -0.504 e. The largest absolute Gasteiger partial charge is 0.504 e. The third-order valence-electron chi connectivity index (χ3n) is 25.9. The van der Waals surface area contributed by atoms with Crippen molar-refractivity contribution in [1.29, 1.82) is 0 Å². The molecule has 20 rings (SSSR count). The van der Waals surface area contributed by atoms with Crippen LogP contribution in [0.2, 0.25) is 0 Å². The van der Waals surface area contributed by atoms with Crippen LogP contribution in [0.4, 0.5) is 0 Å². The second-order valence-corrected chi connectivity index (χ2v) is 41.3. The highest BCUT2D eigenvalue weighted by molar-refractivity contribution is 9.11. The Morgan fingerprint density at radius 2 is 0.514 bits per heavy atom. The molecule has 8 fully saturated rings. The van der Waals surface area contributed by atoms with Crippen molar-refractivity contribution < 1.29 is 105 Å². The Labute approximate surface area is 863 Å². The molecule has 0 spiro atoms. The molecule has 8 aliphatic heterocycles. The Morgan fingerprint density at radius 3 is 0.803 bits per heavy atom. The molecule has 12 aromatic rings. The molecule has 0 saturated carbocycles. The number of aromatic hydroxyl groups is 2. The summed E-state index contributed by atoms with van der Waals surface area (Å²) >= 11 is 13.6. The van der Waals surface area contributed by atoms with Gasteiger partial charge in [0.2, 0.25) is 0 Å². The van der Waals surface area contributed by atoms with E-state index < -0.39 is 36.6 Å². The number of rotatable bonds is 26. The van der Waals surface area contributed by atoms with E-state index >= 15 is 0 Å². The molecule has 142 heavy (non-hydrogen) atoms. The summed E-state index contributed by atoms with van der Waals surface area (Å²) in [6.45, 7) is 20.4. The molecule has 6 unspecified atom stereocenters. The number of halogens is 4. The fourth-order valence-corrected chi connectivity index (χ4v) is 17.9. The van der Waals surface area contributed by atoms with Crippen LogP contribution in [0.3, 0.4) is 0 Å². The Kier molecular flexibility index (Phi) is 34.9. The Bertz CT molecular complexity index is 5800. The molecule has 32 heteroatoms. The van der Waals surface area contributed by atoms with Crippen LogP contribution in [0.25, 0.3) is 44.8 Å². The van der Waals surface area contributed by atoms with E-state index in [0.29, 0.717) is 107 Å². The van der Waals surface area contributed by atoms with Gasteiger partial charge in [-0.2, -0.15) is 20.4 Å². The summed E-state index contributed by atoms with van der Waals surface area (Å²) in [4.78, 5) is 0. The van der Waals surface area contributed by atoms with E-state index in [1.165, 1.54) is 12.1 Å². The van der Waals surface area contributed by atoms with Crippen LogP contribution in [-0.4, -0.2) is 145 Å². The number of phenols is 2. The van der Waals surface area contributed by atoms with Gasteiger partial charge >= 0.3 is 14.2 Å². The van der Waals surface area contributed by atoms with E-state index in [0.717, 1.165) is 191 Å². The van der Waals surface area contributed by atoms with E-state index in [1.54, 1.807) is 36.7 Å². The van der Waals surface area contributed by atoms with Crippen molar-refractivity contribution in [3.63, 3.8) is 0 Å². The van der Waals surface area contributed by atoms with Crippen molar-refractivity contribution in [2.45, 2.75) is 231 Å². The molecule has 0 radical (unpaired) electrons. The fraction of sp³-hybridized carbons (Fsp3) is 0.382. The van der Waals surface area contributed by atoms with Crippen LogP contribution in [0.15, 0.2) is 249 Å². The van der Waals surface area contributed by atoms with E-state index in [-0.39, 0.29) is 60.7 Å². The second-order valence-electron chi connectivity index (χ2n) is 37.6. The third-order valence-corrected chi connectivity index (χ3v) is 27.9. The lowest BCUT2D eigenvalue weighted by atomic mass is 9.78. The first-order valence-corrected chi connectivity index (χ1v) is 51.9. The number of ether oxygens (including phenoxy) is 16. The average Bonchev–Trinajstić information content (AvgIpc) is 1.62. The number of phenolic OH excluding ortho intramolecular Hbond substituents is 2. The minimum atomic E-state index is -0.570. The number of benzene rings is 10. The number of nitrogens with zero attached hydrogens (tertiary/aromatic N) is 4. The van der Waals surface area contributed by atoms with Crippen molar-refractivity contribution in [3.8, 4) is 137 Å². The number of aromatic nitrogens is 4. The third kappa shape index (κ3) is 27.4. The van der Waals surface area contributed by atoms with Crippen LogP contribution in [-0.2, 0) is 47.0 Å². The Hall–Kier alpha value is -10.4. The maximum Gasteiger partial charge on any atom is 0.494 e. The van der Waals surface area contributed by atoms with Crippen molar-refractivity contribution >= 4 is 88.9 Å². The summed E-state index contributed by atoms with van der Waals surface area (Å²) in [5, 5.41) is 36.9. The number of hydrogen-bond acceptors (Lipinski definition) is 26. The predicted octanol–water partition coefficient (Wildman–Crippen LogP) is 26.7. The molecule has 744 valence electrons. The van der Waals surface area contributed by atoms with E-state index in [9.17, 15) is 10.2 Å². The van der Waals surface area contributed by atoms with Gasteiger partial charge in [-0.05, 0) is 300 Å². The van der Waals surface area contributed by atoms with Gasteiger partial charge in [0.1, 0.15) is 0 Å². The standard InChI is InChI=1S/C42H38N4O5.C34H48B2O9.C22H24Br2O5.C12H8Br2O3/c1-3-11-29(12-4-1)33-23-35(45-43-27-33)31-17-19-37(50-41-15-7-9-21-47-41)39(25-31)49-40-26-32(18-20-38(40)51-42-16-8-10-22-48-42)36-24-34(28-44-46-36)30-13-5-2-6-14-30;1-31(2)32(3,4)43-35(42-31)23-15-17-25(40-29-13-9-11-19-37-29)27(21-23)39-28-22-24(36-44-33(5,6)34(7,8)45-36)16-18-26(28)41-30-14-10-12-20-38-30;23-15-7-9-17(28-21-5-1-3-11-25-21)19(13-15)27-20-14-16(24)8-10-18(20)29-22-6-2-4-12-26-22;13-7-1-3-9(15)11(5-7)17-12-6-8(14)2-4-10(12)16/h1-6,11-14,17-20,23-28,41-42H,7-10,15-16,21-22H2;15-18,21-22,29-30H,9-14,19-20H2,1-8H3;7-10,13-14,21-22H,1-6,11-12H2;1-6,15-16H. The van der Waals surface area contributed by atoms with Crippen molar-refractivity contribution in [1.82, 2.24) is 20.4 Å². The van der Waals surface area contributed by atoms with Gasteiger partial charge in [-0.15, -0.1) is 0 Å². The summed E-state index contributed by atoms with van der Waals surface area (Å²) in [5.74, 6) is 7.22. The monoisotopic (exact) mass is 2180 g/mol. The molecular weight excluding hydrogens is 2070 g/mol. The van der Waals surface area contributed by atoms with E-state index in [2.05, 4.69) is 108 Å². The first-order valence-electron chi connectivity index (χ1n) is 48.7. The van der Waals surface area contributed by atoms with Gasteiger partial charge in [0, 0.05) is 78.7 Å². The minimum absolute atomic E-state index is 0.00701. The summed E-state index contributed by atoms with van der Waals surface area (Å²) in [6, 6.07) is 68.6. The van der Waals surface area contributed by atoms with Crippen molar-refractivity contribution in [3.05, 3.63) is 249 Å². The Balaban J connectivity index is 0.000000139. The molecule has 8 saturated heterocycles. The molecular formula is C110H118B2Br4N4O22. The molecule has 2 aromatic heterocycles. The molecule has 0 aliphatic carbocycles. The summed E-state index contributed by atoms with van der Waals surface area (Å²) in [5.41, 5.74) is 6.80. The fourth-order valence-electron chi connectivity index (χ4n) is 16.5. The smallest absolute Gasteiger partial charge is 0.494 e. The maximum atomic E-state index is 9.62. The zero-order chi connectivity index (χ0) is 98.8. The molecule has 8 aliphatic rings. The van der Waals surface area contributed by atoms with E-state index in [4.69, 9.17) is 94.4 Å². The Morgan fingerprint density at radius 1 is 0.261 bits per heavy atom. The van der Waals surface area contributed by atoms with Gasteiger partial charge < -0.3 is 105 Å². The van der Waals surface area contributed by atoms with E-state index in [1.807, 2.05) is 213 Å². The summed E-state index contributed by atoms with van der Waals surface area (Å²) < 4.78 is 127. The van der Waals surface area contributed by atoms with Crippen molar-refractivity contribution in [2.75, 3.05) is 39.6 Å². The molecule has 26 nitrogen and oxygen atoms in total. The quantitative estimate of drug-likeness (QED) is 0.0477. The van der Waals surface area contributed by atoms with Gasteiger partial charge in [0.15, 0.2) is 130 Å². The lowest BCUT2D eigenvalue weighted by Crippen LogP contribution is -2.41. The predicted molar refractivity (Wildman–Crippen MR) is 556 cm³/mol. The lowest BCUT2D eigenvalue weighted by Gasteiger charge is -2.32. The summed E-state index contributed by atoms with van der Waals surface area (Å²) in [7, 11) is -1.14. The molecule has 10 aromatic carbocycles. The van der Waals surface area contributed by atoms with Gasteiger partial charge in [0.25, 0.3) is 0 Å². The molecule has 0 amide bonds. The van der Waals surface area contributed by atoms with Crippen LogP contribution in [0, 0.1) is 0 Å². The first kappa shape index (κ1) is 103. The zero-order valence-electron chi connectivity index (χ0n) is 80.9. The average molecular weight is 2190 g/mol. The van der Waals surface area contributed by atoms with Gasteiger partial charge in [-0.3, -0.25) is 0 Å². The summed E-state index contributed by atoms with van der Waals surface area (Å²) in [6.07, 6.45) is 19.1. The SMILES string of the molecule is Brc1ccc(OC2CCCCO2)c(Oc2cc(Br)ccc2OC2CCCCO2)c1.CC1(C)OB(c2ccc(OC3CCCCO3)c(Oc3cc(B4OC(C)(C)C(C)(C)O4)ccc3OC3CCCCO3)c2)OC1(C)C.Oc1ccc(Br)cc1Oc1cc(Br)ccc1O.c1ccc(-c2cnnc(-c3ccc(OC4CCCCO4)c(Oc4cc(-c5cc(-c6ccccc6)cnn5)ccc4OC4CCCCO4)c3)c2)cc1. The van der Waals surface area contributed by atoms with Crippen LogP contribution < -0.4 is 58.3 Å². The molecule has 6 atom stereocenters. The van der Waals surface area contributed by atoms with Gasteiger partial charge in [-0.25, -0.2) is 0 Å². The highest BCUT2D eigenvalue weighted by Crippen LogP contribution is 2.49. The number of hydrogen-bond donors (Lipinski definition) is 2. The second kappa shape index (κ2) is 48.1. The van der Waals surface area contributed by atoms with Crippen LogP contribution in [0.1, 0.15) is 171 Å². The van der Waals surface area contributed by atoms with Crippen LogP contribution in [0.5, 0.6) is 92.0 Å². The topological polar surface area (TPSA) is 277 Å². The molecule has 2 N–H and O–H groups in total. The highest BCUT2D eigenvalue weighted by Gasteiger charge is 2.53. The highest BCUT2D eigenvalue weighted by atomic mass is 79.9. The van der Waals surface area contributed by atoms with Crippen molar-refractivity contribution in [2.24, 2.45) is 0 Å². The zero-order valence-corrected chi connectivity index (χ0v) is 87.2. The molecule has 10 heterocycles. The first-order chi connectivity index (χ1) is 68.7.